The summed E-state index contributed by atoms with van der Waals surface area (Å²) in [6.45, 7) is 9.32. The molecular weight excluding hydrogens is 308 g/mol. The summed E-state index contributed by atoms with van der Waals surface area (Å²) in [5.41, 5.74) is 4.48. The lowest BCUT2D eigenvalue weighted by atomic mass is 10.2. The van der Waals surface area contributed by atoms with Crippen molar-refractivity contribution >= 4 is 11.6 Å². The standard InChI is InChI=1S/C16H18N6O2/c1-8-9(2)20-22(11(8)4)16-17-6-13(7-18-16)19-15(23)14-10(3)21-24-12(14)5/h6-7H,1-5H3,(H,19,23). The number of rotatable bonds is 3. The largest absolute Gasteiger partial charge is 0.361 e. The topological polar surface area (TPSA) is 98.7 Å². The molecule has 0 aliphatic carbocycles. The molecule has 0 bridgehead atoms. The van der Waals surface area contributed by atoms with E-state index in [1.54, 1.807) is 30.9 Å². The highest BCUT2D eigenvalue weighted by Gasteiger charge is 2.18. The molecule has 0 fully saturated rings. The van der Waals surface area contributed by atoms with Gasteiger partial charge in [0.05, 0.1) is 29.5 Å². The molecule has 8 heteroatoms. The van der Waals surface area contributed by atoms with Gasteiger partial charge in [0.25, 0.3) is 11.9 Å². The van der Waals surface area contributed by atoms with Crippen molar-refractivity contribution in [1.82, 2.24) is 24.9 Å². The minimum atomic E-state index is -0.301. The summed E-state index contributed by atoms with van der Waals surface area (Å²) in [5.74, 6) is 0.629. The van der Waals surface area contributed by atoms with E-state index in [0.29, 0.717) is 28.7 Å². The van der Waals surface area contributed by atoms with Crippen molar-refractivity contribution < 1.29 is 9.32 Å². The van der Waals surface area contributed by atoms with Crippen LogP contribution >= 0.6 is 0 Å². The highest BCUT2D eigenvalue weighted by molar-refractivity contribution is 6.05. The normalized spacial score (nSPS) is 10.9. The molecule has 0 aliphatic rings. The summed E-state index contributed by atoms with van der Waals surface area (Å²) < 4.78 is 6.69. The van der Waals surface area contributed by atoms with Gasteiger partial charge in [0.2, 0.25) is 0 Å². The molecule has 1 N–H and O–H groups in total. The number of amides is 1. The van der Waals surface area contributed by atoms with Gasteiger partial charge >= 0.3 is 0 Å². The Labute approximate surface area is 138 Å². The second-order valence-corrected chi connectivity index (χ2v) is 5.63. The first kappa shape index (κ1) is 15.9. The molecule has 0 unspecified atom stereocenters. The van der Waals surface area contributed by atoms with Gasteiger partial charge in [-0.3, -0.25) is 4.79 Å². The molecule has 24 heavy (non-hydrogen) atoms. The Bertz CT molecular complexity index is 888. The number of carbonyl (C=O) groups excluding carboxylic acids is 1. The van der Waals surface area contributed by atoms with Crippen molar-refractivity contribution in [2.75, 3.05) is 5.32 Å². The molecule has 1 amide bonds. The third kappa shape index (κ3) is 2.66. The Morgan fingerprint density at radius 3 is 2.25 bits per heavy atom. The zero-order valence-corrected chi connectivity index (χ0v) is 14.2. The molecule has 3 aromatic rings. The fraction of sp³-hybridized carbons (Fsp3) is 0.312. The first-order valence-corrected chi connectivity index (χ1v) is 7.48. The summed E-state index contributed by atoms with van der Waals surface area (Å²) in [6.07, 6.45) is 3.09. The third-order valence-electron chi connectivity index (χ3n) is 4.00. The molecule has 0 saturated carbocycles. The van der Waals surface area contributed by atoms with Gasteiger partial charge in [0.1, 0.15) is 11.3 Å². The number of nitrogens with one attached hydrogen (secondary N) is 1. The molecule has 0 radical (unpaired) electrons. The fourth-order valence-corrected chi connectivity index (χ4v) is 2.41. The lowest BCUT2D eigenvalue weighted by Gasteiger charge is -2.06. The number of anilines is 1. The molecule has 8 nitrogen and oxygen atoms in total. The molecule has 3 heterocycles. The fourth-order valence-electron chi connectivity index (χ4n) is 2.41. The molecule has 0 spiro atoms. The maximum atomic E-state index is 12.3. The summed E-state index contributed by atoms with van der Waals surface area (Å²) in [7, 11) is 0. The quantitative estimate of drug-likeness (QED) is 0.793. The van der Waals surface area contributed by atoms with Crippen LogP contribution in [-0.2, 0) is 0 Å². The van der Waals surface area contributed by atoms with Crippen molar-refractivity contribution in [1.29, 1.82) is 0 Å². The van der Waals surface area contributed by atoms with Crippen LogP contribution in [0.1, 0.15) is 38.8 Å². The van der Waals surface area contributed by atoms with Crippen LogP contribution in [0.15, 0.2) is 16.9 Å². The lowest BCUT2D eigenvalue weighted by Crippen LogP contribution is -2.14. The first-order chi connectivity index (χ1) is 11.4. The molecule has 0 atom stereocenters. The molecule has 3 aromatic heterocycles. The number of hydrogen-bond donors (Lipinski definition) is 1. The number of aromatic nitrogens is 5. The second-order valence-electron chi connectivity index (χ2n) is 5.63. The van der Waals surface area contributed by atoms with Crippen molar-refractivity contribution in [2.24, 2.45) is 0 Å². The van der Waals surface area contributed by atoms with Gasteiger partial charge in [-0.1, -0.05) is 5.16 Å². The monoisotopic (exact) mass is 326 g/mol. The van der Waals surface area contributed by atoms with Gasteiger partial charge < -0.3 is 9.84 Å². The zero-order valence-electron chi connectivity index (χ0n) is 14.2. The molecule has 3 rings (SSSR count). The summed E-state index contributed by atoms with van der Waals surface area (Å²) in [5, 5.41) is 10.9. The van der Waals surface area contributed by atoms with E-state index in [1.807, 2.05) is 20.8 Å². The summed E-state index contributed by atoms with van der Waals surface area (Å²) >= 11 is 0. The number of hydrogen-bond acceptors (Lipinski definition) is 6. The van der Waals surface area contributed by atoms with Crippen LogP contribution in [0, 0.1) is 34.6 Å². The van der Waals surface area contributed by atoms with Gasteiger partial charge in [-0.25, -0.2) is 14.6 Å². The molecular formula is C16H18N6O2. The minimum absolute atomic E-state index is 0.301. The van der Waals surface area contributed by atoms with E-state index in [9.17, 15) is 4.79 Å². The predicted octanol–water partition coefficient (Wildman–Crippen LogP) is 2.44. The van der Waals surface area contributed by atoms with E-state index in [4.69, 9.17) is 4.52 Å². The van der Waals surface area contributed by atoms with Crippen LogP contribution in [0.25, 0.3) is 5.95 Å². The molecule has 0 aliphatic heterocycles. The summed E-state index contributed by atoms with van der Waals surface area (Å²) in [4.78, 5) is 20.8. The Hall–Kier alpha value is -3.03. The zero-order chi connectivity index (χ0) is 17.4. The van der Waals surface area contributed by atoms with E-state index >= 15 is 0 Å². The van der Waals surface area contributed by atoms with Crippen LogP contribution in [0.4, 0.5) is 5.69 Å². The van der Waals surface area contributed by atoms with E-state index in [-0.39, 0.29) is 5.91 Å². The Kier molecular flexibility index (Phi) is 3.88. The van der Waals surface area contributed by atoms with Crippen LogP contribution in [-0.4, -0.2) is 30.8 Å². The maximum Gasteiger partial charge on any atom is 0.261 e. The number of aryl methyl sites for hydroxylation is 3. The van der Waals surface area contributed by atoms with Gasteiger partial charge in [-0.05, 0) is 40.2 Å². The van der Waals surface area contributed by atoms with Gasteiger partial charge in [-0.2, -0.15) is 5.10 Å². The Morgan fingerprint density at radius 2 is 1.75 bits per heavy atom. The molecule has 124 valence electrons. The van der Waals surface area contributed by atoms with Gasteiger partial charge in [-0.15, -0.1) is 0 Å². The highest BCUT2D eigenvalue weighted by atomic mass is 16.5. The average Bonchev–Trinajstić information content (AvgIpc) is 3.02. The van der Waals surface area contributed by atoms with Crippen LogP contribution in [0.3, 0.4) is 0 Å². The SMILES string of the molecule is Cc1nn(-c2ncc(NC(=O)c3c(C)noc3C)cn2)c(C)c1C. The predicted molar refractivity (Wildman–Crippen MR) is 87.3 cm³/mol. The van der Waals surface area contributed by atoms with Crippen molar-refractivity contribution in [3.8, 4) is 5.95 Å². The van der Waals surface area contributed by atoms with Gasteiger partial charge in [0, 0.05) is 5.69 Å². The minimum Gasteiger partial charge on any atom is -0.361 e. The highest BCUT2D eigenvalue weighted by Crippen LogP contribution is 2.17. The number of carbonyl (C=O) groups is 1. The van der Waals surface area contributed by atoms with Crippen LogP contribution < -0.4 is 5.32 Å². The third-order valence-corrected chi connectivity index (χ3v) is 4.00. The van der Waals surface area contributed by atoms with E-state index < -0.39 is 0 Å². The lowest BCUT2D eigenvalue weighted by molar-refractivity contribution is 0.102. The molecule has 0 saturated heterocycles. The van der Waals surface area contributed by atoms with Crippen LogP contribution in [0.2, 0.25) is 0 Å². The molecule has 0 aromatic carbocycles. The Morgan fingerprint density at radius 1 is 1.08 bits per heavy atom. The first-order valence-electron chi connectivity index (χ1n) is 7.48. The van der Waals surface area contributed by atoms with Crippen molar-refractivity contribution in [2.45, 2.75) is 34.6 Å². The van der Waals surface area contributed by atoms with E-state index in [1.165, 1.54) is 0 Å². The second kappa shape index (κ2) is 5.88. The van der Waals surface area contributed by atoms with Gasteiger partial charge in [0.15, 0.2) is 0 Å². The summed E-state index contributed by atoms with van der Waals surface area (Å²) in [6, 6.07) is 0. The Balaban J connectivity index is 1.82. The van der Waals surface area contributed by atoms with Crippen molar-refractivity contribution in [3.63, 3.8) is 0 Å². The maximum absolute atomic E-state index is 12.3. The average molecular weight is 326 g/mol. The van der Waals surface area contributed by atoms with Crippen molar-refractivity contribution in [3.05, 3.63) is 46.4 Å². The van der Waals surface area contributed by atoms with E-state index in [2.05, 4.69) is 25.5 Å². The number of nitrogens with zero attached hydrogens (tertiary/aromatic N) is 5. The smallest absolute Gasteiger partial charge is 0.261 e. The van der Waals surface area contributed by atoms with E-state index in [0.717, 1.165) is 17.0 Å². The van der Waals surface area contributed by atoms with Crippen LogP contribution in [0.5, 0.6) is 0 Å².